The van der Waals surface area contributed by atoms with Gasteiger partial charge in [-0.1, -0.05) is 54.1 Å². The molecule has 2 aromatic heterocycles. The molecule has 0 atom stereocenters. The average Bonchev–Trinajstić information content (AvgIpc) is 3.02. The Morgan fingerprint density at radius 1 is 0.870 bits per heavy atom. The van der Waals surface area contributed by atoms with E-state index in [1.165, 1.54) is 5.56 Å². The van der Waals surface area contributed by atoms with E-state index in [1.807, 2.05) is 42.6 Å². The van der Waals surface area contributed by atoms with E-state index in [9.17, 15) is 0 Å². The van der Waals surface area contributed by atoms with Gasteiger partial charge in [-0.15, -0.1) is 0 Å². The summed E-state index contributed by atoms with van der Waals surface area (Å²) in [6.45, 7) is 0. The number of aromatic nitrogens is 3. The van der Waals surface area contributed by atoms with Crippen molar-refractivity contribution < 1.29 is 0 Å². The summed E-state index contributed by atoms with van der Waals surface area (Å²) >= 11 is 5.82. The lowest BCUT2D eigenvalue weighted by Gasteiger charge is -2.03. The number of hydrogen-bond acceptors (Lipinski definition) is 2. The van der Waals surface area contributed by atoms with Gasteiger partial charge in [0.1, 0.15) is 11.0 Å². The van der Waals surface area contributed by atoms with E-state index in [-0.39, 0.29) is 0 Å². The number of halogens is 1. The van der Waals surface area contributed by atoms with Crippen LogP contribution in [0, 0.1) is 0 Å². The zero-order valence-electron chi connectivity index (χ0n) is 12.3. The van der Waals surface area contributed by atoms with Crippen LogP contribution in [0.25, 0.3) is 22.4 Å². The molecule has 1 N–H and O–H groups in total. The first-order valence-corrected chi connectivity index (χ1v) is 7.80. The highest BCUT2D eigenvalue weighted by Gasteiger charge is 2.05. The number of para-hydroxylation sites is 2. The first-order valence-electron chi connectivity index (χ1n) is 7.42. The van der Waals surface area contributed by atoms with Gasteiger partial charge in [-0.25, -0.2) is 9.97 Å². The van der Waals surface area contributed by atoms with E-state index < -0.39 is 0 Å². The molecule has 0 amide bonds. The lowest BCUT2D eigenvalue weighted by atomic mass is 10.0. The molecule has 112 valence electrons. The molecule has 3 nitrogen and oxygen atoms in total. The van der Waals surface area contributed by atoms with Crippen molar-refractivity contribution in [3.63, 3.8) is 0 Å². The summed E-state index contributed by atoms with van der Waals surface area (Å²) in [6, 6.07) is 20.3. The number of fused-ring (bicyclic) bond motifs is 1. The van der Waals surface area contributed by atoms with E-state index in [1.54, 1.807) is 0 Å². The predicted octanol–water partition coefficient (Wildman–Crippen LogP) is 4.87. The molecular formula is C19H14ClN3. The van der Waals surface area contributed by atoms with Crippen LogP contribution in [0.2, 0.25) is 5.15 Å². The smallest absolute Gasteiger partial charge is 0.138 e. The molecule has 0 spiro atoms. The summed E-state index contributed by atoms with van der Waals surface area (Å²) < 4.78 is 0. The van der Waals surface area contributed by atoms with Crippen molar-refractivity contribution in [2.75, 3.05) is 0 Å². The maximum absolute atomic E-state index is 5.82. The quantitative estimate of drug-likeness (QED) is 0.547. The lowest BCUT2D eigenvalue weighted by molar-refractivity contribution is 1.14. The third-order valence-electron chi connectivity index (χ3n) is 3.81. The molecule has 4 aromatic rings. The van der Waals surface area contributed by atoms with Crippen LogP contribution in [-0.4, -0.2) is 15.0 Å². The maximum Gasteiger partial charge on any atom is 0.138 e. The Kier molecular flexibility index (Phi) is 3.56. The van der Waals surface area contributed by atoms with Crippen LogP contribution in [0.5, 0.6) is 0 Å². The summed E-state index contributed by atoms with van der Waals surface area (Å²) in [5, 5.41) is 0.522. The minimum absolute atomic E-state index is 0.522. The second-order valence-electron chi connectivity index (χ2n) is 5.47. The van der Waals surface area contributed by atoms with Crippen molar-refractivity contribution in [1.82, 2.24) is 15.0 Å². The van der Waals surface area contributed by atoms with Crippen LogP contribution in [0.1, 0.15) is 11.1 Å². The molecule has 0 aliphatic carbocycles. The van der Waals surface area contributed by atoms with Gasteiger partial charge in [0.25, 0.3) is 0 Å². The Balaban J connectivity index is 1.58. The highest BCUT2D eigenvalue weighted by Crippen LogP contribution is 2.21. The zero-order valence-corrected chi connectivity index (χ0v) is 13.1. The fourth-order valence-corrected chi connectivity index (χ4v) is 2.73. The van der Waals surface area contributed by atoms with Crippen LogP contribution in [0.3, 0.4) is 0 Å². The first-order chi connectivity index (χ1) is 11.3. The van der Waals surface area contributed by atoms with Crippen LogP contribution < -0.4 is 0 Å². The number of H-pyrrole nitrogens is 1. The van der Waals surface area contributed by atoms with Gasteiger partial charge < -0.3 is 4.98 Å². The molecule has 4 heteroatoms. The van der Waals surface area contributed by atoms with E-state index in [2.05, 4.69) is 39.2 Å². The fraction of sp³-hybridized carbons (Fsp3) is 0.0526. The van der Waals surface area contributed by atoms with E-state index in [0.717, 1.165) is 34.4 Å². The average molecular weight is 320 g/mol. The van der Waals surface area contributed by atoms with E-state index >= 15 is 0 Å². The predicted molar refractivity (Wildman–Crippen MR) is 93.6 cm³/mol. The highest BCUT2D eigenvalue weighted by atomic mass is 35.5. The minimum atomic E-state index is 0.522. The molecule has 0 aliphatic rings. The van der Waals surface area contributed by atoms with Crippen molar-refractivity contribution in [2.24, 2.45) is 0 Å². The van der Waals surface area contributed by atoms with Gasteiger partial charge in [-0.05, 0) is 35.7 Å². The SMILES string of the molecule is Clc1ccc(Cc2ccc(-c3nc4ccccc4[nH]3)cc2)cn1. The first kappa shape index (κ1) is 14.0. The number of aromatic amines is 1. The van der Waals surface area contributed by atoms with Crippen molar-refractivity contribution in [3.05, 3.63) is 83.1 Å². The zero-order chi connectivity index (χ0) is 15.6. The largest absolute Gasteiger partial charge is 0.338 e. The number of nitrogens with zero attached hydrogens (tertiary/aromatic N) is 2. The maximum atomic E-state index is 5.82. The van der Waals surface area contributed by atoms with Crippen molar-refractivity contribution in [1.29, 1.82) is 0 Å². The van der Waals surface area contributed by atoms with Gasteiger partial charge >= 0.3 is 0 Å². The monoisotopic (exact) mass is 319 g/mol. The summed E-state index contributed by atoms with van der Waals surface area (Å²) in [6.07, 6.45) is 2.65. The third kappa shape index (κ3) is 2.96. The molecule has 0 unspecified atom stereocenters. The van der Waals surface area contributed by atoms with E-state index in [0.29, 0.717) is 5.15 Å². The molecule has 0 aliphatic heterocycles. The Morgan fingerprint density at radius 3 is 2.39 bits per heavy atom. The standard InChI is InChI=1S/C19H14ClN3/c20-18-10-7-14(12-21-18)11-13-5-8-15(9-6-13)19-22-16-3-1-2-4-17(16)23-19/h1-10,12H,11H2,(H,22,23). The second-order valence-corrected chi connectivity index (χ2v) is 5.85. The van der Waals surface area contributed by atoms with Gasteiger partial charge in [0.05, 0.1) is 11.0 Å². The topological polar surface area (TPSA) is 41.6 Å². The molecule has 0 bridgehead atoms. The third-order valence-corrected chi connectivity index (χ3v) is 4.04. The Bertz CT molecular complexity index is 907. The molecule has 0 saturated carbocycles. The normalized spacial score (nSPS) is 11.0. The second kappa shape index (κ2) is 5.86. The molecule has 4 rings (SSSR count). The summed E-state index contributed by atoms with van der Waals surface area (Å²) in [7, 11) is 0. The van der Waals surface area contributed by atoms with Crippen molar-refractivity contribution in [3.8, 4) is 11.4 Å². The van der Waals surface area contributed by atoms with Gasteiger partial charge in [0.15, 0.2) is 0 Å². The number of nitrogens with one attached hydrogen (secondary N) is 1. The number of rotatable bonds is 3. The van der Waals surface area contributed by atoms with E-state index in [4.69, 9.17) is 11.6 Å². The van der Waals surface area contributed by atoms with Gasteiger partial charge in [0, 0.05) is 11.8 Å². The number of hydrogen-bond donors (Lipinski definition) is 1. The van der Waals surface area contributed by atoms with Crippen LogP contribution >= 0.6 is 11.6 Å². The molecule has 0 saturated heterocycles. The minimum Gasteiger partial charge on any atom is -0.338 e. The Hall–Kier alpha value is -2.65. The lowest BCUT2D eigenvalue weighted by Crippen LogP contribution is -1.90. The van der Waals surface area contributed by atoms with Crippen molar-refractivity contribution in [2.45, 2.75) is 6.42 Å². The molecule has 2 heterocycles. The number of pyridine rings is 1. The molecule has 2 aromatic carbocycles. The summed E-state index contributed by atoms with van der Waals surface area (Å²) in [4.78, 5) is 12.1. The molecule has 23 heavy (non-hydrogen) atoms. The summed E-state index contributed by atoms with van der Waals surface area (Å²) in [5.41, 5.74) is 5.50. The van der Waals surface area contributed by atoms with Gasteiger partial charge in [-0.3, -0.25) is 0 Å². The fourth-order valence-electron chi connectivity index (χ4n) is 2.62. The van der Waals surface area contributed by atoms with Gasteiger partial charge in [0.2, 0.25) is 0 Å². The van der Waals surface area contributed by atoms with Crippen LogP contribution in [0.15, 0.2) is 66.9 Å². The van der Waals surface area contributed by atoms with Crippen molar-refractivity contribution >= 4 is 22.6 Å². The highest BCUT2D eigenvalue weighted by molar-refractivity contribution is 6.29. The van der Waals surface area contributed by atoms with Crippen LogP contribution in [0.4, 0.5) is 0 Å². The van der Waals surface area contributed by atoms with Gasteiger partial charge in [-0.2, -0.15) is 0 Å². The molecule has 0 fully saturated rings. The Morgan fingerprint density at radius 2 is 1.65 bits per heavy atom. The number of imidazole rings is 1. The number of benzene rings is 2. The molecular weight excluding hydrogens is 306 g/mol. The van der Waals surface area contributed by atoms with Crippen LogP contribution in [-0.2, 0) is 6.42 Å². The summed E-state index contributed by atoms with van der Waals surface area (Å²) in [5.74, 6) is 0.894. The Labute approximate surface area is 139 Å². The molecule has 0 radical (unpaired) electrons.